The summed E-state index contributed by atoms with van der Waals surface area (Å²) in [5.74, 6) is 1.60. The second-order valence-corrected chi connectivity index (χ2v) is 5.21. The van der Waals surface area contributed by atoms with Crippen molar-refractivity contribution in [2.45, 2.75) is 13.5 Å². The van der Waals surface area contributed by atoms with Crippen molar-refractivity contribution < 1.29 is 0 Å². The van der Waals surface area contributed by atoms with E-state index in [1.54, 1.807) is 6.20 Å². The predicted molar refractivity (Wildman–Crippen MR) is 86.8 cm³/mol. The Labute approximate surface area is 127 Å². The zero-order valence-electron chi connectivity index (χ0n) is 12.2. The van der Waals surface area contributed by atoms with Crippen molar-refractivity contribution in [1.29, 1.82) is 0 Å². The van der Waals surface area contributed by atoms with E-state index in [0.717, 1.165) is 17.3 Å². The highest BCUT2D eigenvalue weighted by atomic mass is 15.3. The van der Waals surface area contributed by atoms with Crippen molar-refractivity contribution >= 4 is 22.2 Å². The van der Waals surface area contributed by atoms with Crippen LogP contribution in [0.3, 0.4) is 0 Å². The summed E-state index contributed by atoms with van der Waals surface area (Å²) in [5.41, 5.74) is 1.98. The SMILES string of the molecule is Cc1nnc2c(NCc3cccc4ccccc34)nccn12. The number of aromatic nitrogens is 4. The molecule has 0 bridgehead atoms. The topological polar surface area (TPSA) is 55.1 Å². The number of nitrogens with zero attached hydrogens (tertiary/aromatic N) is 4. The fourth-order valence-electron chi connectivity index (χ4n) is 2.69. The minimum absolute atomic E-state index is 0.694. The van der Waals surface area contributed by atoms with E-state index >= 15 is 0 Å². The van der Waals surface area contributed by atoms with Crippen molar-refractivity contribution in [3.8, 4) is 0 Å². The molecule has 0 aliphatic rings. The number of aryl methyl sites for hydroxylation is 1. The average Bonchev–Trinajstić information content (AvgIpc) is 2.95. The van der Waals surface area contributed by atoms with Crippen LogP contribution in [0.15, 0.2) is 54.9 Å². The first kappa shape index (κ1) is 12.8. The quantitative estimate of drug-likeness (QED) is 0.629. The smallest absolute Gasteiger partial charge is 0.203 e. The molecule has 0 unspecified atom stereocenters. The normalized spacial score (nSPS) is 11.1. The van der Waals surface area contributed by atoms with Crippen LogP contribution in [0.25, 0.3) is 16.4 Å². The van der Waals surface area contributed by atoms with Crippen LogP contribution in [0.1, 0.15) is 11.4 Å². The second-order valence-electron chi connectivity index (χ2n) is 5.21. The molecule has 4 aromatic rings. The van der Waals surface area contributed by atoms with E-state index in [2.05, 4.69) is 63.0 Å². The molecule has 0 spiro atoms. The first-order valence-corrected chi connectivity index (χ1v) is 7.20. The van der Waals surface area contributed by atoms with Gasteiger partial charge in [0, 0.05) is 18.9 Å². The number of fused-ring (bicyclic) bond motifs is 2. The van der Waals surface area contributed by atoms with Gasteiger partial charge in [-0.05, 0) is 23.3 Å². The largest absolute Gasteiger partial charge is 0.363 e. The molecule has 1 N–H and O–H groups in total. The molecule has 108 valence electrons. The van der Waals surface area contributed by atoms with Crippen LogP contribution < -0.4 is 5.32 Å². The first-order valence-electron chi connectivity index (χ1n) is 7.20. The Kier molecular flexibility index (Phi) is 2.96. The monoisotopic (exact) mass is 289 g/mol. The van der Waals surface area contributed by atoms with Gasteiger partial charge in [0.05, 0.1) is 0 Å². The lowest BCUT2D eigenvalue weighted by atomic mass is 10.0. The molecule has 5 nitrogen and oxygen atoms in total. The van der Waals surface area contributed by atoms with Crippen molar-refractivity contribution in [1.82, 2.24) is 19.6 Å². The number of benzene rings is 2. The maximum absolute atomic E-state index is 4.38. The van der Waals surface area contributed by atoms with Gasteiger partial charge in [-0.3, -0.25) is 4.40 Å². The predicted octanol–water partition coefficient (Wildman–Crippen LogP) is 3.20. The molecule has 4 rings (SSSR count). The third-order valence-electron chi connectivity index (χ3n) is 3.82. The Balaban J connectivity index is 1.69. The molecule has 2 aromatic carbocycles. The Morgan fingerprint density at radius 2 is 1.91 bits per heavy atom. The van der Waals surface area contributed by atoms with Gasteiger partial charge in [0.15, 0.2) is 5.82 Å². The lowest BCUT2D eigenvalue weighted by Gasteiger charge is -2.09. The second kappa shape index (κ2) is 5.11. The summed E-state index contributed by atoms with van der Waals surface area (Å²) < 4.78 is 1.93. The summed E-state index contributed by atoms with van der Waals surface area (Å²) in [5, 5.41) is 14.1. The number of rotatable bonds is 3. The van der Waals surface area contributed by atoms with Gasteiger partial charge in [0.2, 0.25) is 5.65 Å². The van der Waals surface area contributed by atoms with Gasteiger partial charge in [-0.15, -0.1) is 10.2 Å². The van der Waals surface area contributed by atoms with Gasteiger partial charge in [-0.25, -0.2) is 4.98 Å². The van der Waals surface area contributed by atoms with Crippen molar-refractivity contribution in [2.24, 2.45) is 0 Å². The number of hydrogen-bond acceptors (Lipinski definition) is 4. The molecule has 0 radical (unpaired) electrons. The summed E-state index contributed by atoms with van der Waals surface area (Å²) >= 11 is 0. The van der Waals surface area contributed by atoms with Crippen LogP contribution >= 0.6 is 0 Å². The van der Waals surface area contributed by atoms with Crippen LogP contribution in [0.4, 0.5) is 5.82 Å². The molecule has 0 saturated carbocycles. The molecule has 5 heteroatoms. The highest BCUT2D eigenvalue weighted by Gasteiger charge is 2.08. The van der Waals surface area contributed by atoms with E-state index < -0.39 is 0 Å². The van der Waals surface area contributed by atoms with E-state index in [-0.39, 0.29) is 0 Å². The Morgan fingerprint density at radius 3 is 2.86 bits per heavy atom. The lowest BCUT2D eigenvalue weighted by Crippen LogP contribution is -2.04. The van der Waals surface area contributed by atoms with E-state index in [0.29, 0.717) is 6.54 Å². The van der Waals surface area contributed by atoms with Crippen LogP contribution in [0, 0.1) is 6.92 Å². The minimum Gasteiger partial charge on any atom is -0.363 e. The van der Waals surface area contributed by atoms with Crippen molar-refractivity contribution in [3.05, 3.63) is 66.2 Å². The Morgan fingerprint density at radius 1 is 1.05 bits per heavy atom. The van der Waals surface area contributed by atoms with Gasteiger partial charge in [-0.2, -0.15) is 0 Å². The highest BCUT2D eigenvalue weighted by Crippen LogP contribution is 2.20. The zero-order chi connectivity index (χ0) is 14.9. The third kappa shape index (κ3) is 2.07. The molecule has 2 aromatic heterocycles. The van der Waals surface area contributed by atoms with Gasteiger partial charge in [0.1, 0.15) is 5.82 Å². The summed E-state index contributed by atoms with van der Waals surface area (Å²) in [6, 6.07) is 14.7. The number of hydrogen-bond donors (Lipinski definition) is 1. The molecular weight excluding hydrogens is 274 g/mol. The molecule has 0 atom stereocenters. The zero-order valence-corrected chi connectivity index (χ0v) is 12.2. The molecule has 0 amide bonds. The maximum Gasteiger partial charge on any atom is 0.203 e. The molecule has 0 fully saturated rings. The van der Waals surface area contributed by atoms with E-state index in [9.17, 15) is 0 Å². The first-order chi connectivity index (χ1) is 10.8. The minimum atomic E-state index is 0.694. The molecule has 0 aliphatic heterocycles. The summed E-state index contributed by atoms with van der Waals surface area (Å²) in [7, 11) is 0. The lowest BCUT2D eigenvalue weighted by molar-refractivity contribution is 1.000. The highest BCUT2D eigenvalue weighted by molar-refractivity contribution is 5.85. The van der Waals surface area contributed by atoms with E-state index in [1.165, 1.54) is 16.3 Å². The molecular formula is C17H15N5. The molecule has 0 saturated heterocycles. The number of nitrogens with one attached hydrogen (secondary N) is 1. The van der Waals surface area contributed by atoms with Gasteiger partial charge in [-0.1, -0.05) is 42.5 Å². The maximum atomic E-state index is 4.38. The number of anilines is 1. The van der Waals surface area contributed by atoms with Crippen molar-refractivity contribution in [2.75, 3.05) is 5.32 Å². The molecule has 22 heavy (non-hydrogen) atoms. The molecule has 0 aliphatic carbocycles. The van der Waals surface area contributed by atoms with Gasteiger partial charge < -0.3 is 5.32 Å². The summed E-state index contributed by atoms with van der Waals surface area (Å²) in [4.78, 5) is 4.38. The van der Waals surface area contributed by atoms with Crippen LogP contribution in [-0.4, -0.2) is 19.6 Å². The van der Waals surface area contributed by atoms with Gasteiger partial charge >= 0.3 is 0 Å². The fraction of sp³-hybridized carbons (Fsp3) is 0.118. The van der Waals surface area contributed by atoms with Gasteiger partial charge in [0.25, 0.3) is 0 Å². The Hall–Kier alpha value is -2.95. The summed E-state index contributed by atoms with van der Waals surface area (Å²) in [6.07, 6.45) is 3.63. The van der Waals surface area contributed by atoms with E-state index in [4.69, 9.17) is 0 Å². The Bertz CT molecular complexity index is 952. The van der Waals surface area contributed by atoms with Crippen LogP contribution in [0.5, 0.6) is 0 Å². The van der Waals surface area contributed by atoms with Crippen molar-refractivity contribution in [3.63, 3.8) is 0 Å². The van der Waals surface area contributed by atoms with Crippen LogP contribution in [0.2, 0.25) is 0 Å². The van der Waals surface area contributed by atoms with Crippen LogP contribution in [-0.2, 0) is 6.54 Å². The fourth-order valence-corrected chi connectivity index (χ4v) is 2.69. The third-order valence-corrected chi connectivity index (χ3v) is 3.82. The molecule has 2 heterocycles. The average molecular weight is 289 g/mol. The van der Waals surface area contributed by atoms with E-state index in [1.807, 2.05) is 17.5 Å². The summed E-state index contributed by atoms with van der Waals surface area (Å²) in [6.45, 7) is 2.62. The standard InChI is InChI=1S/C17H15N5/c1-12-20-21-17-16(18-9-10-22(12)17)19-11-14-7-4-6-13-5-2-3-8-15(13)14/h2-10H,11H2,1H3,(H,18,19).